The van der Waals surface area contributed by atoms with Crippen LogP contribution in [0.1, 0.15) is 30.1 Å². The van der Waals surface area contributed by atoms with Crippen LogP contribution in [0.5, 0.6) is 0 Å². The highest BCUT2D eigenvalue weighted by molar-refractivity contribution is 5.86. The molecule has 6 heteroatoms. The Morgan fingerprint density at radius 2 is 2.26 bits per heavy atom. The molecule has 0 saturated carbocycles. The van der Waals surface area contributed by atoms with Crippen LogP contribution in [0.15, 0.2) is 41.2 Å². The maximum atomic E-state index is 12.8. The molecule has 2 aromatic heterocycles. The molecule has 6 nitrogen and oxygen atoms in total. The van der Waals surface area contributed by atoms with Gasteiger partial charge < -0.3 is 9.42 Å². The molecule has 0 aliphatic carbocycles. The third-order valence-electron chi connectivity index (χ3n) is 4.45. The van der Waals surface area contributed by atoms with Gasteiger partial charge in [-0.05, 0) is 25.0 Å². The number of rotatable bonds is 3. The van der Waals surface area contributed by atoms with Crippen molar-refractivity contribution in [3.8, 4) is 0 Å². The number of carbonyl (C=O) groups is 1. The summed E-state index contributed by atoms with van der Waals surface area (Å²) < 4.78 is 7.07. The molecule has 1 fully saturated rings. The molecule has 23 heavy (non-hydrogen) atoms. The number of fused-ring (bicyclic) bond motifs is 1. The van der Waals surface area contributed by atoms with Gasteiger partial charge in [0, 0.05) is 30.7 Å². The highest BCUT2D eigenvalue weighted by atomic mass is 16.5. The Bertz CT molecular complexity index is 851. The maximum absolute atomic E-state index is 12.8. The van der Waals surface area contributed by atoms with Crippen LogP contribution >= 0.6 is 0 Å². The van der Waals surface area contributed by atoms with Crippen LogP contribution in [-0.2, 0) is 18.3 Å². The summed E-state index contributed by atoms with van der Waals surface area (Å²) in [4.78, 5) is 14.7. The van der Waals surface area contributed by atoms with Gasteiger partial charge in [0.15, 0.2) is 5.58 Å². The number of amides is 1. The highest BCUT2D eigenvalue weighted by Crippen LogP contribution is 2.32. The van der Waals surface area contributed by atoms with Gasteiger partial charge in [0.25, 0.3) is 0 Å². The summed E-state index contributed by atoms with van der Waals surface area (Å²) >= 11 is 0. The highest BCUT2D eigenvalue weighted by Gasteiger charge is 2.31. The minimum Gasteiger partial charge on any atom is -0.356 e. The summed E-state index contributed by atoms with van der Waals surface area (Å²) in [7, 11) is 1.89. The summed E-state index contributed by atoms with van der Waals surface area (Å²) in [5.74, 6) is 0.0930. The van der Waals surface area contributed by atoms with E-state index < -0.39 is 0 Å². The summed E-state index contributed by atoms with van der Waals surface area (Å²) in [5.41, 5.74) is 2.53. The first-order chi connectivity index (χ1) is 11.2. The molecule has 0 bridgehead atoms. The van der Waals surface area contributed by atoms with Crippen LogP contribution in [0.3, 0.4) is 0 Å². The zero-order chi connectivity index (χ0) is 15.8. The van der Waals surface area contributed by atoms with Crippen LogP contribution in [-0.4, -0.2) is 32.3 Å². The van der Waals surface area contributed by atoms with Gasteiger partial charge in [0.2, 0.25) is 5.91 Å². The third kappa shape index (κ3) is 2.50. The molecule has 1 aromatic carbocycles. The molecular weight excluding hydrogens is 292 g/mol. The Balaban J connectivity index is 1.56. The van der Waals surface area contributed by atoms with Gasteiger partial charge >= 0.3 is 0 Å². The van der Waals surface area contributed by atoms with Gasteiger partial charge in [-0.2, -0.15) is 5.10 Å². The van der Waals surface area contributed by atoms with Crippen LogP contribution in [0, 0.1) is 0 Å². The van der Waals surface area contributed by atoms with E-state index in [1.807, 2.05) is 48.6 Å². The van der Waals surface area contributed by atoms with Crippen LogP contribution < -0.4 is 0 Å². The molecule has 3 aromatic rings. The van der Waals surface area contributed by atoms with Crippen molar-refractivity contribution in [3.63, 3.8) is 0 Å². The average Bonchev–Trinajstić information content (AvgIpc) is 3.26. The molecule has 1 aliphatic rings. The van der Waals surface area contributed by atoms with E-state index >= 15 is 0 Å². The summed E-state index contributed by atoms with van der Waals surface area (Å²) in [6.07, 6.45) is 6.11. The third-order valence-corrected chi connectivity index (χ3v) is 4.45. The largest absolute Gasteiger partial charge is 0.356 e. The summed E-state index contributed by atoms with van der Waals surface area (Å²) in [6, 6.07) is 7.76. The number of hydrogen-bond donors (Lipinski definition) is 0. The lowest BCUT2D eigenvalue weighted by atomic mass is 10.1. The zero-order valence-corrected chi connectivity index (χ0v) is 13.0. The fourth-order valence-corrected chi connectivity index (χ4v) is 3.33. The topological polar surface area (TPSA) is 64.2 Å². The van der Waals surface area contributed by atoms with Crippen molar-refractivity contribution >= 4 is 16.9 Å². The number of hydrogen-bond acceptors (Lipinski definition) is 4. The number of aryl methyl sites for hydroxylation is 1. The zero-order valence-electron chi connectivity index (χ0n) is 13.0. The second-order valence-corrected chi connectivity index (χ2v) is 5.99. The van der Waals surface area contributed by atoms with E-state index in [2.05, 4.69) is 10.3 Å². The van der Waals surface area contributed by atoms with E-state index in [4.69, 9.17) is 4.52 Å². The number of benzene rings is 1. The SMILES string of the molecule is Cn1cc([C@H]2CCCN2C(=O)Cc2noc3ccccc23)cn1. The first-order valence-corrected chi connectivity index (χ1v) is 7.83. The first kappa shape index (κ1) is 14.0. The van der Waals surface area contributed by atoms with E-state index in [1.54, 1.807) is 4.68 Å². The molecule has 4 rings (SSSR count). The second-order valence-electron chi connectivity index (χ2n) is 5.99. The van der Waals surface area contributed by atoms with Crippen molar-refractivity contribution in [2.75, 3.05) is 6.54 Å². The smallest absolute Gasteiger partial charge is 0.229 e. The summed E-state index contributed by atoms with van der Waals surface area (Å²) in [5, 5.41) is 9.21. The van der Waals surface area contributed by atoms with Gasteiger partial charge in [-0.3, -0.25) is 9.48 Å². The predicted molar refractivity (Wildman–Crippen MR) is 84.6 cm³/mol. The molecule has 0 unspecified atom stereocenters. The Morgan fingerprint density at radius 3 is 3.09 bits per heavy atom. The minimum atomic E-state index is 0.0930. The number of nitrogens with zero attached hydrogens (tertiary/aromatic N) is 4. The lowest BCUT2D eigenvalue weighted by molar-refractivity contribution is -0.131. The monoisotopic (exact) mass is 310 g/mol. The van der Waals surface area contributed by atoms with Gasteiger partial charge in [0.1, 0.15) is 5.69 Å². The Kier molecular flexibility index (Phi) is 3.37. The average molecular weight is 310 g/mol. The van der Waals surface area contributed by atoms with E-state index in [9.17, 15) is 4.79 Å². The van der Waals surface area contributed by atoms with Crippen molar-refractivity contribution < 1.29 is 9.32 Å². The van der Waals surface area contributed by atoms with E-state index in [0.717, 1.165) is 35.9 Å². The standard InChI is InChI=1S/C17H18N4O2/c1-20-11-12(10-18-20)15-6-4-8-21(15)17(22)9-14-13-5-2-3-7-16(13)23-19-14/h2-3,5,7,10-11,15H,4,6,8-9H2,1H3/t15-/m1/s1. The van der Waals surface area contributed by atoms with Crippen molar-refractivity contribution in [1.29, 1.82) is 0 Å². The van der Waals surface area contributed by atoms with Crippen molar-refractivity contribution in [1.82, 2.24) is 19.8 Å². The van der Waals surface area contributed by atoms with Crippen LogP contribution in [0.2, 0.25) is 0 Å². The van der Waals surface area contributed by atoms with Gasteiger partial charge in [0.05, 0.1) is 18.7 Å². The van der Waals surface area contributed by atoms with Gasteiger partial charge in [-0.15, -0.1) is 0 Å². The molecule has 1 amide bonds. The number of carbonyl (C=O) groups excluding carboxylic acids is 1. The predicted octanol–water partition coefficient (Wildman–Crippen LogP) is 2.47. The number of para-hydroxylation sites is 1. The molecule has 1 atom stereocenters. The second kappa shape index (κ2) is 5.53. The Labute approximate surface area is 133 Å². The van der Waals surface area contributed by atoms with E-state index in [1.165, 1.54) is 0 Å². The minimum absolute atomic E-state index is 0.0930. The molecule has 1 saturated heterocycles. The Morgan fingerprint density at radius 1 is 1.39 bits per heavy atom. The number of likely N-dealkylation sites (tertiary alicyclic amines) is 1. The molecular formula is C17H18N4O2. The molecule has 0 spiro atoms. The lowest BCUT2D eigenvalue weighted by Crippen LogP contribution is -2.31. The van der Waals surface area contributed by atoms with Gasteiger partial charge in [-0.25, -0.2) is 0 Å². The molecule has 0 N–H and O–H groups in total. The quantitative estimate of drug-likeness (QED) is 0.745. The maximum Gasteiger partial charge on any atom is 0.229 e. The first-order valence-electron chi connectivity index (χ1n) is 7.83. The van der Waals surface area contributed by atoms with Crippen molar-refractivity contribution in [2.45, 2.75) is 25.3 Å². The van der Waals surface area contributed by atoms with E-state index in [0.29, 0.717) is 5.69 Å². The van der Waals surface area contributed by atoms with Crippen LogP contribution in [0.25, 0.3) is 11.0 Å². The number of aromatic nitrogens is 3. The fourth-order valence-electron chi connectivity index (χ4n) is 3.33. The fraction of sp³-hybridized carbons (Fsp3) is 0.353. The Hall–Kier alpha value is -2.63. The molecule has 1 aliphatic heterocycles. The lowest BCUT2D eigenvalue weighted by Gasteiger charge is -2.23. The molecule has 3 heterocycles. The molecule has 118 valence electrons. The van der Waals surface area contributed by atoms with Crippen LogP contribution in [0.4, 0.5) is 0 Å². The van der Waals surface area contributed by atoms with Crippen molar-refractivity contribution in [3.05, 3.63) is 47.9 Å². The van der Waals surface area contributed by atoms with Gasteiger partial charge in [-0.1, -0.05) is 17.3 Å². The molecule has 0 radical (unpaired) electrons. The normalized spacial score (nSPS) is 18.0. The summed E-state index contributed by atoms with van der Waals surface area (Å²) in [6.45, 7) is 0.786. The van der Waals surface area contributed by atoms with E-state index in [-0.39, 0.29) is 18.4 Å². The van der Waals surface area contributed by atoms with Crippen molar-refractivity contribution in [2.24, 2.45) is 7.05 Å².